The van der Waals surface area contributed by atoms with Crippen molar-refractivity contribution in [3.05, 3.63) is 135 Å². The fourth-order valence-electron chi connectivity index (χ4n) is 6.54. The van der Waals surface area contributed by atoms with Crippen molar-refractivity contribution in [3.63, 3.8) is 0 Å². The normalized spacial score (nSPS) is 15.5. The fourth-order valence-corrected chi connectivity index (χ4v) is 7.02. The molecule has 0 fully saturated rings. The van der Waals surface area contributed by atoms with Crippen LogP contribution in [0.5, 0.6) is 0 Å². The quantitative estimate of drug-likeness (QED) is 0.238. The molecule has 7 rings (SSSR count). The third-order valence-electron chi connectivity index (χ3n) is 8.46. The second kappa shape index (κ2) is 13.2. The van der Waals surface area contributed by atoms with Crippen LogP contribution in [0.3, 0.4) is 0 Å². The van der Waals surface area contributed by atoms with Crippen molar-refractivity contribution in [2.75, 3.05) is 0 Å². The third-order valence-corrected chi connectivity index (χ3v) is 9.28. The number of hydrogen-bond donors (Lipinski definition) is 0. The van der Waals surface area contributed by atoms with E-state index in [-0.39, 0.29) is 35.6 Å². The predicted molar refractivity (Wildman–Crippen MR) is 170 cm³/mol. The van der Waals surface area contributed by atoms with E-state index >= 15 is 0 Å². The first-order chi connectivity index (χ1) is 18.9. The molecule has 0 N–H and O–H groups in total. The van der Waals surface area contributed by atoms with Gasteiger partial charge < -0.3 is 24.8 Å². The number of aryl methyl sites for hydroxylation is 2. The van der Waals surface area contributed by atoms with E-state index in [1.54, 1.807) is 0 Å². The molecule has 0 bridgehead atoms. The van der Waals surface area contributed by atoms with E-state index in [1.807, 2.05) is 6.07 Å². The molecule has 0 saturated heterocycles. The van der Waals surface area contributed by atoms with Crippen LogP contribution in [0, 0.1) is 19.9 Å². The number of allylic oxidation sites excluding steroid dienone is 4. The summed E-state index contributed by atoms with van der Waals surface area (Å²) in [7, 11) is 0. The first-order valence-electron chi connectivity index (χ1n) is 14.3. The molecule has 0 unspecified atom stereocenters. The Kier molecular flexibility index (Phi) is 10.8. The molecular formula is C39H40Cl2Zr-2. The molecule has 0 aliphatic heterocycles. The van der Waals surface area contributed by atoms with Crippen LogP contribution in [0.25, 0.3) is 22.3 Å². The Balaban J connectivity index is 0.000000236. The molecule has 3 aliphatic carbocycles. The SMILES string of the molecule is CC1=[C-]C(C)(C)c2cc3c(cc21)-c1cc2c(cc1C3)C(C)(C)C=C2C.Cc1c[cH-]c(C)c1.[Cl-].[Cl-].[Zr+2]=[CH]c1ccccc1. The fraction of sp³-hybridized carbons (Fsp3) is 0.282. The summed E-state index contributed by atoms with van der Waals surface area (Å²) in [5, 5.41) is 0. The second-order valence-corrected chi connectivity index (χ2v) is 13.4. The van der Waals surface area contributed by atoms with Gasteiger partial charge in [0.05, 0.1) is 0 Å². The zero-order valence-corrected chi connectivity index (χ0v) is 30.0. The zero-order valence-electron chi connectivity index (χ0n) is 26.0. The number of rotatable bonds is 1. The van der Waals surface area contributed by atoms with Crippen LogP contribution in [0.1, 0.15) is 91.6 Å². The predicted octanol–water partition coefficient (Wildman–Crippen LogP) is 3.86. The topological polar surface area (TPSA) is 0 Å². The first-order valence-corrected chi connectivity index (χ1v) is 15.7. The summed E-state index contributed by atoms with van der Waals surface area (Å²) in [6, 6.07) is 26.6. The molecule has 3 heteroatoms. The number of benzene rings is 3. The van der Waals surface area contributed by atoms with E-state index in [1.165, 1.54) is 96.6 Å². The summed E-state index contributed by atoms with van der Waals surface area (Å²) < 4.78 is 2.17. The molecule has 0 atom stereocenters. The molecule has 4 aromatic carbocycles. The van der Waals surface area contributed by atoms with E-state index in [4.69, 9.17) is 0 Å². The number of hydrogen-bond acceptors (Lipinski definition) is 0. The summed E-state index contributed by atoms with van der Waals surface area (Å²) in [6.07, 6.45) is 7.13. The Hall–Kier alpha value is -2.18. The molecule has 0 amide bonds. The van der Waals surface area contributed by atoms with Gasteiger partial charge in [-0.15, -0.1) is 11.6 Å². The van der Waals surface area contributed by atoms with E-state index in [9.17, 15) is 0 Å². The monoisotopic (exact) mass is 668 g/mol. The minimum atomic E-state index is 0. The molecule has 0 spiro atoms. The standard InChI is InChI=1S/C25H25.C7H9.C7H6.2ClH.Zr/c1-14-12-24(3,4)22-8-16-7-17-9-23-19(15(2)13-25(23,5)6)11-21(17)20(16)10-18(14)22;1-6-3-4-7(2)5-6;1-7-5-3-2-4-6-7;;;/h8-12H,7H2,1-6H3;3-5H,1-2H3;1-6H;2*1H;/q2*-1;;;;+2/p-2. The van der Waals surface area contributed by atoms with Crippen molar-refractivity contribution in [3.8, 4) is 11.1 Å². The molecule has 0 heterocycles. The second-order valence-electron chi connectivity index (χ2n) is 12.7. The van der Waals surface area contributed by atoms with Gasteiger partial charge in [-0.1, -0.05) is 72.1 Å². The van der Waals surface area contributed by atoms with Gasteiger partial charge >= 0.3 is 63.8 Å². The molecule has 42 heavy (non-hydrogen) atoms. The van der Waals surface area contributed by atoms with Crippen LogP contribution in [-0.2, 0) is 41.5 Å². The van der Waals surface area contributed by atoms with Crippen molar-refractivity contribution in [2.24, 2.45) is 0 Å². The molecule has 3 aliphatic rings. The molecule has 216 valence electrons. The molecular weight excluding hydrogens is 631 g/mol. The van der Waals surface area contributed by atoms with Crippen LogP contribution in [0.4, 0.5) is 0 Å². The maximum atomic E-state index is 3.65. The number of fused-ring (bicyclic) bond motifs is 5. The molecule has 0 radical (unpaired) electrons. The van der Waals surface area contributed by atoms with Crippen LogP contribution < -0.4 is 24.8 Å². The average molecular weight is 671 g/mol. The summed E-state index contributed by atoms with van der Waals surface area (Å²) in [5.41, 5.74) is 18.6. The molecule has 0 nitrogen and oxygen atoms in total. The summed E-state index contributed by atoms with van der Waals surface area (Å²) >= 11 is 1.46. The summed E-state index contributed by atoms with van der Waals surface area (Å²) in [4.78, 5) is 0. The zero-order chi connectivity index (χ0) is 28.8. The molecule has 0 saturated carbocycles. The Bertz CT molecular complexity index is 1560. The van der Waals surface area contributed by atoms with Gasteiger partial charge in [0.2, 0.25) is 0 Å². The van der Waals surface area contributed by atoms with Gasteiger partial charge in [0.25, 0.3) is 0 Å². The van der Waals surface area contributed by atoms with E-state index in [2.05, 4.69) is 138 Å². The van der Waals surface area contributed by atoms with Crippen LogP contribution >= 0.6 is 0 Å². The van der Waals surface area contributed by atoms with Crippen molar-refractivity contribution < 1.29 is 49.0 Å². The van der Waals surface area contributed by atoms with Gasteiger partial charge in [-0.05, 0) is 58.4 Å². The van der Waals surface area contributed by atoms with Gasteiger partial charge in [-0.25, -0.2) is 17.2 Å². The summed E-state index contributed by atoms with van der Waals surface area (Å²) in [5.74, 6) is 0. The van der Waals surface area contributed by atoms with Gasteiger partial charge in [-0.3, -0.25) is 6.08 Å². The first kappa shape index (κ1) is 34.3. The van der Waals surface area contributed by atoms with Gasteiger partial charge in [0, 0.05) is 5.41 Å². The number of halogens is 2. The van der Waals surface area contributed by atoms with Crippen LogP contribution in [0.15, 0.2) is 78.9 Å². The van der Waals surface area contributed by atoms with Crippen LogP contribution in [0.2, 0.25) is 0 Å². The van der Waals surface area contributed by atoms with E-state index in [0.717, 1.165) is 6.42 Å². The van der Waals surface area contributed by atoms with E-state index < -0.39 is 0 Å². The van der Waals surface area contributed by atoms with Gasteiger partial charge in [-0.2, -0.15) is 23.3 Å². The van der Waals surface area contributed by atoms with E-state index in [0.29, 0.717) is 0 Å². The van der Waals surface area contributed by atoms with Gasteiger partial charge in [0.15, 0.2) is 0 Å². The molecule has 0 aromatic heterocycles. The van der Waals surface area contributed by atoms with Crippen LogP contribution in [-0.4, -0.2) is 3.71 Å². The molecule has 4 aromatic rings. The van der Waals surface area contributed by atoms with Crippen molar-refractivity contribution >= 4 is 14.9 Å². The third kappa shape index (κ3) is 6.80. The van der Waals surface area contributed by atoms with Crippen molar-refractivity contribution in [1.29, 1.82) is 0 Å². The maximum absolute atomic E-state index is 3.65. The van der Waals surface area contributed by atoms with Gasteiger partial charge in [0.1, 0.15) is 0 Å². The van der Waals surface area contributed by atoms with Crippen molar-refractivity contribution in [2.45, 2.75) is 72.6 Å². The Labute approximate surface area is 280 Å². The van der Waals surface area contributed by atoms with Crippen molar-refractivity contribution in [1.82, 2.24) is 0 Å². The Morgan fingerprint density at radius 3 is 1.86 bits per heavy atom. The Morgan fingerprint density at radius 2 is 1.36 bits per heavy atom. The average Bonchev–Trinajstić information content (AvgIpc) is 3.59. The Morgan fingerprint density at radius 1 is 0.762 bits per heavy atom. The summed E-state index contributed by atoms with van der Waals surface area (Å²) in [6.45, 7) is 17.9. The minimum absolute atomic E-state index is 0.